The first-order chi connectivity index (χ1) is 8.49. The van der Waals surface area contributed by atoms with Gasteiger partial charge < -0.3 is 10.6 Å². The molecule has 1 atom stereocenters. The highest BCUT2D eigenvalue weighted by Crippen LogP contribution is 2.22. The standard InChI is InChI=1S/C11H12FN3O3/c12-7-1-2-10(15(17)18)9(5-7)11(16)14-4-3-8(13)6-14/h1-2,5,8H,3-4,6,13H2. The van der Waals surface area contributed by atoms with Gasteiger partial charge in [0.2, 0.25) is 0 Å². The van der Waals surface area contributed by atoms with Gasteiger partial charge in [-0.1, -0.05) is 0 Å². The van der Waals surface area contributed by atoms with Gasteiger partial charge in [0.1, 0.15) is 11.4 Å². The van der Waals surface area contributed by atoms with E-state index in [0.29, 0.717) is 19.5 Å². The third kappa shape index (κ3) is 2.30. The summed E-state index contributed by atoms with van der Waals surface area (Å²) in [5.41, 5.74) is 5.05. The molecule has 18 heavy (non-hydrogen) atoms. The number of amides is 1. The average molecular weight is 253 g/mol. The Morgan fingerprint density at radius 1 is 1.56 bits per heavy atom. The number of nitro benzene ring substituents is 1. The van der Waals surface area contributed by atoms with Crippen LogP contribution in [0.1, 0.15) is 16.8 Å². The van der Waals surface area contributed by atoms with Crippen LogP contribution in [0.2, 0.25) is 0 Å². The molecule has 1 aliphatic rings. The van der Waals surface area contributed by atoms with E-state index < -0.39 is 16.6 Å². The number of benzene rings is 1. The molecule has 0 radical (unpaired) electrons. The van der Waals surface area contributed by atoms with Crippen LogP contribution in [0.15, 0.2) is 18.2 Å². The highest BCUT2D eigenvalue weighted by molar-refractivity contribution is 5.98. The Bertz CT molecular complexity index is 506. The molecule has 1 aromatic rings. The molecule has 1 fully saturated rings. The third-order valence-corrected chi connectivity index (χ3v) is 2.90. The Hall–Kier alpha value is -2.02. The molecule has 0 aromatic heterocycles. The first kappa shape index (κ1) is 12.4. The van der Waals surface area contributed by atoms with E-state index in [4.69, 9.17) is 5.73 Å². The van der Waals surface area contributed by atoms with Gasteiger partial charge in [0, 0.05) is 25.2 Å². The molecule has 1 saturated heterocycles. The van der Waals surface area contributed by atoms with Gasteiger partial charge in [0.25, 0.3) is 11.6 Å². The quantitative estimate of drug-likeness (QED) is 0.626. The maximum atomic E-state index is 13.1. The van der Waals surface area contributed by atoms with Crippen LogP contribution in [0.3, 0.4) is 0 Å². The molecule has 1 unspecified atom stereocenters. The van der Waals surface area contributed by atoms with Crippen molar-refractivity contribution in [3.63, 3.8) is 0 Å². The van der Waals surface area contributed by atoms with Crippen molar-refractivity contribution in [2.45, 2.75) is 12.5 Å². The zero-order chi connectivity index (χ0) is 13.3. The van der Waals surface area contributed by atoms with Crippen LogP contribution in [0.4, 0.5) is 10.1 Å². The third-order valence-electron chi connectivity index (χ3n) is 2.90. The summed E-state index contributed by atoms with van der Waals surface area (Å²) in [5.74, 6) is -1.22. The van der Waals surface area contributed by atoms with Gasteiger partial charge in [-0.25, -0.2) is 4.39 Å². The normalized spacial score (nSPS) is 19.0. The number of rotatable bonds is 2. The second-order valence-corrected chi connectivity index (χ2v) is 4.22. The smallest absolute Gasteiger partial charge is 0.282 e. The molecule has 1 aromatic carbocycles. The second-order valence-electron chi connectivity index (χ2n) is 4.22. The lowest BCUT2D eigenvalue weighted by molar-refractivity contribution is -0.385. The van der Waals surface area contributed by atoms with E-state index in [1.165, 1.54) is 4.90 Å². The van der Waals surface area contributed by atoms with E-state index in [0.717, 1.165) is 18.2 Å². The van der Waals surface area contributed by atoms with Crippen molar-refractivity contribution in [1.29, 1.82) is 0 Å². The van der Waals surface area contributed by atoms with E-state index >= 15 is 0 Å². The maximum absolute atomic E-state index is 13.1. The number of carbonyl (C=O) groups is 1. The number of nitro groups is 1. The topological polar surface area (TPSA) is 89.5 Å². The van der Waals surface area contributed by atoms with Crippen molar-refractivity contribution < 1.29 is 14.1 Å². The van der Waals surface area contributed by atoms with Crippen LogP contribution in [0, 0.1) is 15.9 Å². The predicted octanol–water partition coefficient (Wildman–Crippen LogP) is 0.907. The van der Waals surface area contributed by atoms with Crippen molar-refractivity contribution in [2.75, 3.05) is 13.1 Å². The molecule has 6 nitrogen and oxygen atoms in total. The fourth-order valence-corrected chi connectivity index (χ4v) is 1.98. The molecule has 2 N–H and O–H groups in total. The monoisotopic (exact) mass is 253 g/mol. The van der Waals surface area contributed by atoms with Crippen LogP contribution in [-0.4, -0.2) is 34.9 Å². The SMILES string of the molecule is NC1CCN(C(=O)c2cc(F)ccc2[N+](=O)[O-])C1. The molecular weight excluding hydrogens is 241 g/mol. The summed E-state index contributed by atoms with van der Waals surface area (Å²) in [6, 6.07) is 2.73. The molecule has 1 heterocycles. The minimum Gasteiger partial charge on any atom is -0.337 e. The summed E-state index contributed by atoms with van der Waals surface area (Å²) in [4.78, 5) is 23.6. The number of nitrogens with two attached hydrogens (primary N) is 1. The summed E-state index contributed by atoms with van der Waals surface area (Å²) in [5, 5.41) is 10.8. The van der Waals surface area contributed by atoms with Crippen LogP contribution < -0.4 is 5.73 Å². The molecule has 1 amide bonds. The fraction of sp³-hybridized carbons (Fsp3) is 0.364. The molecule has 0 spiro atoms. The molecular formula is C11H12FN3O3. The minimum absolute atomic E-state index is 0.124. The number of halogens is 1. The van der Waals surface area contributed by atoms with E-state index in [9.17, 15) is 19.3 Å². The van der Waals surface area contributed by atoms with Gasteiger partial charge in [-0.05, 0) is 18.6 Å². The van der Waals surface area contributed by atoms with Gasteiger partial charge >= 0.3 is 0 Å². The van der Waals surface area contributed by atoms with E-state index in [2.05, 4.69) is 0 Å². The Morgan fingerprint density at radius 3 is 2.83 bits per heavy atom. The number of nitrogens with zero attached hydrogens (tertiary/aromatic N) is 2. The number of carbonyl (C=O) groups excluding carboxylic acids is 1. The molecule has 96 valence electrons. The summed E-state index contributed by atoms with van der Waals surface area (Å²) in [6.45, 7) is 0.778. The zero-order valence-corrected chi connectivity index (χ0v) is 9.51. The van der Waals surface area contributed by atoms with Gasteiger partial charge in [-0.2, -0.15) is 0 Å². The van der Waals surface area contributed by atoms with Crippen LogP contribution in [-0.2, 0) is 0 Å². The Morgan fingerprint density at radius 2 is 2.28 bits per heavy atom. The zero-order valence-electron chi connectivity index (χ0n) is 9.51. The summed E-state index contributed by atoms with van der Waals surface area (Å²) >= 11 is 0. The largest absolute Gasteiger partial charge is 0.337 e. The lowest BCUT2D eigenvalue weighted by Crippen LogP contribution is -2.32. The first-order valence-electron chi connectivity index (χ1n) is 5.48. The van der Waals surface area contributed by atoms with Crippen LogP contribution in [0.5, 0.6) is 0 Å². The van der Waals surface area contributed by atoms with Gasteiger partial charge in [-0.15, -0.1) is 0 Å². The molecule has 7 heteroatoms. The molecule has 0 saturated carbocycles. The number of hydrogen-bond donors (Lipinski definition) is 1. The molecule has 0 bridgehead atoms. The number of likely N-dealkylation sites (tertiary alicyclic amines) is 1. The fourth-order valence-electron chi connectivity index (χ4n) is 1.98. The van der Waals surface area contributed by atoms with Gasteiger partial charge in [0.05, 0.1) is 4.92 Å². The van der Waals surface area contributed by atoms with Crippen molar-refractivity contribution in [3.8, 4) is 0 Å². The molecule has 2 rings (SSSR count). The highest BCUT2D eigenvalue weighted by Gasteiger charge is 2.29. The summed E-state index contributed by atoms with van der Waals surface area (Å²) in [6.07, 6.45) is 0.648. The summed E-state index contributed by atoms with van der Waals surface area (Å²) < 4.78 is 13.1. The van der Waals surface area contributed by atoms with E-state index in [1.54, 1.807) is 0 Å². The highest BCUT2D eigenvalue weighted by atomic mass is 19.1. The van der Waals surface area contributed by atoms with Crippen molar-refractivity contribution in [3.05, 3.63) is 39.7 Å². The molecule has 0 aliphatic carbocycles. The van der Waals surface area contributed by atoms with Gasteiger partial charge in [-0.3, -0.25) is 14.9 Å². The number of hydrogen-bond acceptors (Lipinski definition) is 4. The second kappa shape index (κ2) is 4.69. The van der Waals surface area contributed by atoms with Crippen LogP contribution >= 0.6 is 0 Å². The summed E-state index contributed by atoms with van der Waals surface area (Å²) in [7, 11) is 0. The van der Waals surface area contributed by atoms with E-state index in [-0.39, 0.29) is 17.3 Å². The van der Waals surface area contributed by atoms with Gasteiger partial charge in [0.15, 0.2) is 0 Å². The Kier molecular flexibility index (Phi) is 3.24. The average Bonchev–Trinajstić information content (AvgIpc) is 2.74. The molecule has 1 aliphatic heterocycles. The Balaban J connectivity index is 2.34. The maximum Gasteiger partial charge on any atom is 0.282 e. The van der Waals surface area contributed by atoms with Crippen molar-refractivity contribution in [1.82, 2.24) is 4.90 Å². The lowest BCUT2D eigenvalue weighted by Gasteiger charge is -2.15. The lowest BCUT2D eigenvalue weighted by atomic mass is 10.1. The predicted molar refractivity (Wildman–Crippen MR) is 61.6 cm³/mol. The van der Waals surface area contributed by atoms with E-state index in [1.807, 2.05) is 0 Å². The minimum atomic E-state index is -0.692. The Labute approximate surface area is 102 Å². The van der Waals surface area contributed by atoms with Crippen molar-refractivity contribution >= 4 is 11.6 Å². The van der Waals surface area contributed by atoms with Crippen LogP contribution in [0.25, 0.3) is 0 Å². The van der Waals surface area contributed by atoms with Crippen molar-refractivity contribution in [2.24, 2.45) is 5.73 Å². The first-order valence-corrected chi connectivity index (χ1v) is 5.48.